The number of halogens is 1. The molecular formula is C12H15BrN2O2. The zero-order chi connectivity index (χ0) is 12.4. The van der Waals surface area contributed by atoms with Crippen molar-refractivity contribution in [3.8, 4) is 0 Å². The Balaban J connectivity index is 1.83. The third-order valence-electron chi connectivity index (χ3n) is 3.25. The first-order valence-corrected chi connectivity index (χ1v) is 6.40. The van der Waals surface area contributed by atoms with Gasteiger partial charge >= 0.3 is 5.97 Å². The van der Waals surface area contributed by atoms with Gasteiger partial charge in [0.15, 0.2) is 0 Å². The summed E-state index contributed by atoms with van der Waals surface area (Å²) in [6.45, 7) is 4.35. The van der Waals surface area contributed by atoms with Gasteiger partial charge in [-0.05, 0) is 33.5 Å². The number of nitrogens with zero attached hydrogens (tertiary/aromatic N) is 2. The van der Waals surface area contributed by atoms with Crippen LogP contribution in [0.15, 0.2) is 22.9 Å². The molecule has 17 heavy (non-hydrogen) atoms. The molecule has 1 aromatic heterocycles. The third-order valence-corrected chi connectivity index (χ3v) is 3.68. The summed E-state index contributed by atoms with van der Waals surface area (Å²) >= 11 is 3.39. The van der Waals surface area contributed by atoms with Gasteiger partial charge < -0.3 is 5.11 Å². The number of aliphatic carboxylic acids is 1. The summed E-state index contributed by atoms with van der Waals surface area (Å²) < 4.78 is 0.978. The molecule has 1 aliphatic rings. The Hall–Kier alpha value is -0.940. The number of rotatable bonds is 4. The lowest BCUT2D eigenvalue weighted by molar-refractivity contribution is -0.145. The second-order valence-corrected chi connectivity index (χ2v) is 5.51. The Morgan fingerprint density at radius 2 is 2.35 bits per heavy atom. The van der Waals surface area contributed by atoms with E-state index in [1.165, 1.54) is 0 Å². The summed E-state index contributed by atoms with van der Waals surface area (Å²) in [5.74, 6) is -0.654. The second-order valence-electron chi connectivity index (χ2n) is 4.59. The molecule has 0 spiro atoms. The molecule has 2 heterocycles. The molecule has 1 aromatic rings. The summed E-state index contributed by atoms with van der Waals surface area (Å²) in [6, 6.07) is 2.04. The molecule has 0 aromatic carbocycles. The van der Waals surface area contributed by atoms with Gasteiger partial charge in [-0.3, -0.25) is 14.7 Å². The highest BCUT2D eigenvalue weighted by Crippen LogP contribution is 2.25. The molecule has 0 amide bonds. The number of carboxylic acids is 1. The smallest absolute Gasteiger partial charge is 0.306 e. The van der Waals surface area contributed by atoms with Crippen molar-refractivity contribution >= 4 is 21.9 Å². The lowest BCUT2D eigenvalue weighted by Crippen LogP contribution is -2.50. The summed E-state index contributed by atoms with van der Waals surface area (Å²) in [6.07, 6.45) is 3.60. The fourth-order valence-electron chi connectivity index (χ4n) is 2.06. The summed E-state index contributed by atoms with van der Waals surface area (Å²) in [4.78, 5) is 17.2. The normalized spacial score (nSPS) is 18.7. The van der Waals surface area contributed by atoms with Crippen LogP contribution in [0.3, 0.4) is 0 Å². The van der Waals surface area contributed by atoms with Gasteiger partial charge in [-0.15, -0.1) is 0 Å². The molecular weight excluding hydrogens is 284 g/mol. The molecule has 5 heteroatoms. The molecule has 1 fully saturated rings. The van der Waals surface area contributed by atoms with E-state index in [9.17, 15) is 4.79 Å². The standard InChI is InChI=1S/C12H15BrN2O2/c1-8(12(16)17)10-6-15(7-10)5-9-2-11(13)4-14-3-9/h2-4,8,10H,5-7H2,1H3,(H,16,17). The van der Waals surface area contributed by atoms with Crippen molar-refractivity contribution in [3.05, 3.63) is 28.5 Å². The number of carboxylic acid groups (broad SMARTS) is 1. The van der Waals surface area contributed by atoms with E-state index >= 15 is 0 Å². The van der Waals surface area contributed by atoms with Crippen LogP contribution < -0.4 is 0 Å². The van der Waals surface area contributed by atoms with E-state index in [0.717, 1.165) is 29.7 Å². The quantitative estimate of drug-likeness (QED) is 0.924. The Labute approximate surface area is 109 Å². The van der Waals surface area contributed by atoms with E-state index in [1.807, 2.05) is 12.3 Å². The number of aromatic nitrogens is 1. The molecule has 1 saturated heterocycles. The minimum Gasteiger partial charge on any atom is -0.481 e. The topological polar surface area (TPSA) is 53.4 Å². The zero-order valence-corrected chi connectivity index (χ0v) is 11.2. The van der Waals surface area contributed by atoms with Crippen LogP contribution in [0.1, 0.15) is 12.5 Å². The number of carbonyl (C=O) groups is 1. The Morgan fingerprint density at radius 1 is 1.65 bits per heavy atom. The van der Waals surface area contributed by atoms with Crippen LogP contribution >= 0.6 is 15.9 Å². The number of hydrogen-bond acceptors (Lipinski definition) is 3. The third kappa shape index (κ3) is 3.04. The molecule has 1 aliphatic heterocycles. The van der Waals surface area contributed by atoms with Crippen molar-refractivity contribution in [1.29, 1.82) is 0 Å². The van der Waals surface area contributed by atoms with E-state index in [4.69, 9.17) is 5.11 Å². The summed E-state index contributed by atoms with van der Waals surface area (Å²) in [5.41, 5.74) is 1.15. The van der Waals surface area contributed by atoms with Gasteiger partial charge in [0.1, 0.15) is 0 Å². The first-order chi connectivity index (χ1) is 8.06. The maximum Gasteiger partial charge on any atom is 0.306 e. The van der Waals surface area contributed by atoms with E-state index in [-0.39, 0.29) is 11.8 Å². The van der Waals surface area contributed by atoms with Gasteiger partial charge in [0.2, 0.25) is 0 Å². The van der Waals surface area contributed by atoms with Gasteiger partial charge in [-0.2, -0.15) is 0 Å². The first kappa shape index (κ1) is 12.5. The van der Waals surface area contributed by atoms with Crippen molar-refractivity contribution in [3.63, 3.8) is 0 Å². The number of hydrogen-bond donors (Lipinski definition) is 1. The van der Waals surface area contributed by atoms with Gasteiger partial charge in [-0.25, -0.2) is 0 Å². The molecule has 2 rings (SSSR count). The van der Waals surface area contributed by atoms with Crippen molar-refractivity contribution < 1.29 is 9.90 Å². The maximum atomic E-state index is 10.8. The highest BCUT2D eigenvalue weighted by atomic mass is 79.9. The van der Waals surface area contributed by atoms with Crippen LogP contribution in [0.4, 0.5) is 0 Å². The van der Waals surface area contributed by atoms with Gasteiger partial charge in [-0.1, -0.05) is 6.92 Å². The van der Waals surface area contributed by atoms with Crippen LogP contribution in [0, 0.1) is 11.8 Å². The molecule has 0 aliphatic carbocycles. The Bertz CT molecular complexity index is 419. The Morgan fingerprint density at radius 3 is 2.94 bits per heavy atom. The largest absolute Gasteiger partial charge is 0.481 e. The molecule has 1 atom stereocenters. The van der Waals surface area contributed by atoms with Crippen molar-refractivity contribution in [2.45, 2.75) is 13.5 Å². The van der Waals surface area contributed by atoms with Gasteiger partial charge in [0.05, 0.1) is 5.92 Å². The van der Waals surface area contributed by atoms with Crippen LogP contribution in [0.25, 0.3) is 0 Å². The van der Waals surface area contributed by atoms with Gasteiger partial charge in [0.25, 0.3) is 0 Å². The second kappa shape index (κ2) is 5.14. The monoisotopic (exact) mass is 298 g/mol. The van der Waals surface area contributed by atoms with Crippen LogP contribution in [0.5, 0.6) is 0 Å². The predicted octanol–water partition coefficient (Wildman–Crippen LogP) is 2.00. The predicted molar refractivity (Wildman–Crippen MR) is 67.5 cm³/mol. The highest BCUT2D eigenvalue weighted by Gasteiger charge is 2.34. The molecule has 0 saturated carbocycles. The molecule has 1 N–H and O–H groups in total. The molecule has 4 nitrogen and oxygen atoms in total. The molecule has 1 unspecified atom stereocenters. The highest BCUT2D eigenvalue weighted by molar-refractivity contribution is 9.10. The van der Waals surface area contributed by atoms with E-state index in [2.05, 4.69) is 25.8 Å². The van der Waals surface area contributed by atoms with Crippen LogP contribution in [0.2, 0.25) is 0 Å². The van der Waals surface area contributed by atoms with Crippen LogP contribution in [-0.4, -0.2) is 34.0 Å². The zero-order valence-electron chi connectivity index (χ0n) is 9.64. The Kier molecular flexibility index (Phi) is 3.79. The first-order valence-electron chi connectivity index (χ1n) is 5.61. The average molecular weight is 299 g/mol. The van der Waals surface area contributed by atoms with Crippen molar-refractivity contribution in [2.75, 3.05) is 13.1 Å². The lowest BCUT2D eigenvalue weighted by atomic mass is 9.87. The van der Waals surface area contributed by atoms with Crippen molar-refractivity contribution in [1.82, 2.24) is 9.88 Å². The fourth-order valence-corrected chi connectivity index (χ4v) is 2.47. The molecule has 0 radical (unpaired) electrons. The number of likely N-dealkylation sites (tertiary alicyclic amines) is 1. The van der Waals surface area contributed by atoms with E-state index in [0.29, 0.717) is 0 Å². The van der Waals surface area contributed by atoms with Crippen LogP contribution in [-0.2, 0) is 11.3 Å². The lowest BCUT2D eigenvalue weighted by Gasteiger charge is -2.41. The maximum absolute atomic E-state index is 10.8. The minimum atomic E-state index is -0.696. The molecule has 0 bridgehead atoms. The summed E-state index contributed by atoms with van der Waals surface area (Å²) in [7, 11) is 0. The average Bonchev–Trinajstić information content (AvgIpc) is 2.22. The fraction of sp³-hybridized carbons (Fsp3) is 0.500. The number of pyridine rings is 1. The van der Waals surface area contributed by atoms with E-state index < -0.39 is 5.97 Å². The summed E-state index contributed by atoms with van der Waals surface area (Å²) in [5, 5.41) is 8.90. The van der Waals surface area contributed by atoms with E-state index in [1.54, 1.807) is 13.1 Å². The van der Waals surface area contributed by atoms with Gasteiger partial charge in [0, 0.05) is 36.5 Å². The molecule has 92 valence electrons. The van der Waals surface area contributed by atoms with Crippen molar-refractivity contribution in [2.24, 2.45) is 11.8 Å². The minimum absolute atomic E-state index is 0.244. The SMILES string of the molecule is CC(C(=O)O)C1CN(Cc2cncc(Br)c2)C1.